The maximum absolute atomic E-state index is 10.9. The maximum Gasteiger partial charge on any atom is 0.324 e. The molecule has 2 rings (SSSR count). The molecule has 17 heavy (non-hydrogen) atoms. The van der Waals surface area contributed by atoms with E-state index in [2.05, 4.69) is 10.3 Å². The van der Waals surface area contributed by atoms with Crippen molar-refractivity contribution < 1.29 is 4.92 Å². The van der Waals surface area contributed by atoms with E-state index in [0.717, 1.165) is 33.2 Å². The third kappa shape index (κ3) is 3.22. The van der Waals surface area contributed by atoms with Gasteiger partial charge in [0.25, 0.3) is 0 Å². The number of aromatic nitrogens is 1. The van der Waals surface area contributed by atoms with Crippen LogP contribution in [0.15, 0.2) is 22.3 Å². The van der Waals surface area contributed by atoms with Gasteiger partial charge in [0.1, 0.15) is 0 Å². The first-order chi connectivity index (χ1) is 8.15. The molecule has 0 unspecified atom stereocenters. The van der Waals surface area contributed by atoms with Crippen LogP contribution in [0.1, 0.15) is 10.6 Å². The van der Waals surface area contributed by atoms with Gasteiger partial charge in [-0.2, -0.15) is 0 Å². The highest BCUT2D eigenvalue weighted by Crippen LogP contribution is 2.23. The summed E-state index contributed by atoms with van der Waals surface area (Å²) in [6.07, 6.45) is 0. The highest BCUT2D eigenvalue weighted by atomic mass is 32.1. The quantitative estimate of drug-likeness (QED) is 0.640. The number of thiophene rings is 1. The number of hydrogen-bond donors (Lipinski definition) is 2. The van der Waals surface area contributed by atoms with Crippen LogP contribution in [-0.2, 0) is 13.1 Å². The molecule has 0 aliphatic rings. The first-order valence-corrected chi connectivity index (χ1v) is 6.45. The van der Waals surface area contributed by atoms with E-state index in [4.69, 9.17) is 0 Å². The van der Waals surface area contributed by atoms with Crippen LogP contribution in [0.2, 0.25) is 0 Å². The lowest BCUT2D eigenvalue weighted by Crippen LogP contribution is -2.12. The first kappa shape index (κ1) is 12.0. The summed E-state index contributed by atoms with van der Waals surface area (Å²) < 4.78 is 0. The SMILES string of the molecule is O=c1[nH]c(CNCc2ccc([N+](=O)[O-])s2)cs1. The molecule has 0 atom stereocenters. The molecule has 6 nitrogen and oxygen atoms in total. The standard InChI is InChI=1S/C9H9N3O3S2/c13-9-11-6(5-16-9)3-10-4-7-1-2-8(17-7)12(14)15/h1-2,5,10H,3-4H2,(H,11,13). The van der Waals surface area contributed by atoms with Crippen molar-refractivity contribution in [2.45, 2.75) is 13.1 Å². The van der Waals surface area contributed by atoms with Crippen molar-refractivity contribution in [1.29, 1.82) is 0 Å². The van der Waals surface area contributed by atoms with Crippen molar-refractivity contribution >= 4 is 27.7 Å². The summed E-state index contributed by atoms with van der Waals surface area (Å²) >= 11 is 2.27. The fraction of sp³-hybridized carbons (Fsp3) is 0.222. The van der Waals surface area contributed by atoms with E-state index in [9.17, 15) is 14.9 Å². The fourth-order valence-electron chi connectivity index (χ4n) is 1.28. The Morgan fingerprint density at radius 2 is 2.24 bits per heavy atom. The zero-order valence-corrected chi connectivity index (χ0v) is 10.3. The average Bonchev–Trinajstić information content (AvgIpc) is 2.88. The summed E-state index contributed by atoms with van der Waals surface area (Å²) in [5, 5.41) is 15.5. The van der Waals surface area contributed by atoms with Crippen molar-refractivity contribution in [2.24, 2.45) is 0 Å². The van der Waals surface area contributed by atoms with Gasteiger partial charge in [-0.15, -0.1) is 0 Å². The van der Waals surface area contributed by atoms with Crippen LogP contribution < -0.4 is 10.2 Å². The molecular formula is C9H9N3O3S2. The number of nitrogens with zero attached hydrogens (tertiary/aromatic N) is 1. The normalized spacial score (nSPS) is 10.6. The van der Waals surface area contributed by atoms with Gasteiger partial charge in [-0.05, 0) is 6.07 Å². The summed E-state index contributed by atoms with van der Waals surface area (Å²) in [5.41, 5.74) is 0.825. The lowest BCUT2D eigenvalue weighted by molar-refractivity contribution is -0.380. The van der Waals surface area contributed by atoms with E-state index < -0.39 is 4.92 Å². The first-order valence-electron chi connectivity index (χ1n) is 4.75. The molecule has 0 spiro atoms. The van der Waals surface area contributed by atoms with Crippen LogP contribution in [0.25, 0.3) is 0 Å². The second kappa shape index (κ2) is 5.21. The minimum atomic E-state index is -0.398. The van der Waals surface area contributed by atoms with E-state index in [1.165, 1.54) is 6.07 Å². The minimum Gasteiger partial charge on any atom is -0.315 e. The number of aromatic amines is 1. The van der Waals surface area contributed by atoms with Gasteiger partial charge in [0.15, 0.2) is 0 Å². The Morgan fingerprint density at radius 1 is 1.41 bits per heavy atom. The highest BCUT2D eigenvalue weighted by Gasteiger charge is 2.09. The van der Waals surface area contributed by atoms with E-state index in [1.54, 1.807) is 11.4 Å². The molecule has 0 aliphatic heterocycles. The van der Waals surface area contributed by atoms with Crippen molar-refractivity contribution in [3.05, 3.63) is 47.9 Å². The second-order valence-corrected chi connectivity index (χ2v) is 5.26. The molecule has 0 radical (unpaired) electrons. The molecule has 0 fully saturated rings. The van der Waals surface area contributed by atoms with Crippen LogP contribution in [0.4, 0.5) is 5.00 Å². The van der Waals surface area contributed by atoms with E-state index >= 15 is 0 Å². The largest absolute Gasteiger partial charge is 0.324 e. The summed E-state index contributed by atoms with van der Waals surface area (Å²) in [7, 11) is 0. The van der Waals surface area contributed by atoms with Gasteiger partial charge in [-0.25, -0.2) is 0 Å². The van der Waals surface area contributed by atoms with Crippen LogP contribution in [0, 0.1) is 10.1 Å². The molecule has 0 aliphatic carbocycles. The Hall–Kier alpha value is -1.51. The number of thiazole rings is 1. The van der Waals surface area contributed by atoms with Gasteiger partial charge in [0.2, 0.25) is 0 Å². The van der Waals surface area contributed by atoms with Gasteiger partial charge >= 0.3 is 9.87 Å². The predicted molar refractivity (Wildman–Crippen MR) is 66.5 cm³/mol. The number of nitrogens with one attached hydrogen (secondary N) is 2. The second-order valence-electron chi connectivity index (χ2n) is 3.27. The molecule has 0 aromatic carbocycles. The molecule has 2 heterocycles. The summed E-state index contributed by atoms with van der Waals surface area (Å²) in [5.74, 6) is 0. The lowest BCUT2D eigenvalue weighted by Gasteiger charge is -1.99. The molecule has 90 valence electrons. The van der Waals surface area contributed by atoms with Crippen LogP contribution in [0.3, 0.4) is 0 Å². The predicted octanol–water partition coefficient (Wildman–Crippen LogP) is 1.70. The number of rotatable bonds is 5. The number of H-pyrrole nitrogens is 1. The zero-order valence-electron chi connectivity index (χ0n) is 8.63. The average molecular weight is 271 g/mol. The van der Waals surface area contributed by atoms with Crippen LogP contribution in [-0.4, -0.2) is 9.91 Å². The minimum absolute atomic E-state index is 0.0754. The third-order valence-electron chi connectivity index (χ3n) is 2.01. The van der Waals surface area contributed by atoms with Crippen molar-refractivity contribution in [2.75, 3.05) is 0 Å². The van der Waals surface area contributed by atoms with E-state index in [-0.39, 0.29) is 9.87 Å². The molecule has 2 aromatic heterocycles. The summed E-state index contributed by atoms with van der Waals surface area (Å²) in [6.45, 7) is 1.10. The highest BCUT2D eigenvalue weighted by molar-refractivity contribution is 7.15. The summed E-state index contributed by atoms with van der Waals surface area (Å²) in [6, 6.07) is 3.22. The van der Waals surface area contributed by atoms with E-state index in [1.807, 2.05) is 0 Å². The molecule has 2 aromatic rings. The van der Waals surface area contributed by atoms with Gasteiger partial charge < -0.3 is 10.3 Å². The number of nitro groups is 1. The molecule has 0 saturated carbocycles. The van der Waals surface area contributed by atoms with Crippen molar-refractivity contribution in [3.63, 3.8) is 0 Å². The van der Waals surface area contributed by atoms with Crippen molar-refractivity contribution in [3.8, 4) is 0 Å². The lowest BCUT2D eigenvalue weighted by atomic mass is 10.4. The number of hydrogen-bond acceptors (Lipinski definition) is 6. The third-order valence-corrected chi connectivity index (χ3v) is 3.77. The molecule has 0 amide bonds. The molecule has 2 N–H and O–H groups in total. The Labute approximate surface area is 104 Å². The Kier molecular flexibility index (Phi) is 3.67. The van der Waals surface area contributed by atoms with Crippen LogP contribution in [0.5, 0.6) is 0 Å². The topological polar surface area (TPSA) is 88.0 Å². The van der Waals surface area contributed by atoms with Crippen LogP contribution >= 0.6 is 22.7 Å². The zero-order chi connectivity index (χ0) is 12.3. The Morgan fingerprint density at radius 3 is 2.82 bits per heavy atom. The van der Waals surface area contributed by atoms with Gasteiger partial charge in [0, 0.05) is 35.1 Å². The molecule has 0 saturated heterocycles. The van der Waals surface area contributed by atoms with Gasteiger partial charge in [-0.3, -0.25) is 14.9 Å². The van der Waals surface area contributed by atoms with Crippen molar-refractivity contribution in [1.82, 2.24) is 10.3 Å². The van der Waals surface area contributed by atoms with E-state index in [0.29, 0.717) is 13.1 Å². The van der Waals surface area contributed by atoms with Gasteiger partial charge in [-0.1, -0.05) is 22.7 Å². The monoisotopic (exact) mass is 271 g/mol. The van der Waals surface area contributed by atoms with Gasteiger partial charge in [0.05, 0.1) is 4.92 Å². The Bertz CT molecular complexity index is 572. The molecule has 8 heteroatoms. The molecule has 0 bridgehead atoms. The summed E-state index contributed by atoms with van der Waals surface area (Å²) in [4.78, 5) is 24.4. The Balaban J connectivity index is 1.85. The molecular weight excluding hydrogens is 262 g/mol. The maximum atomic E-state index is 10.9. The fourth-order valence-corrected chi connectivity index (χ4v) is 2.65. The smallest absolute Gasteiger partial charge is 0.315 e.